The van der Waals surface area contributed by atoms with E-state index >= 15 is 0 Å². The topological polar surface area (TPSA) is 77.1 Å². The number of amides is 1. The van der Waals surface area contributed by atoms with Crippen molar-refractivity contribution >= 4 is 11.6 Å². The molecule has 10 heteroatoms. The summed E-state index contributed by atoms with van der Waals surface area (Å²) in [6.45, 7) is 1.06. The summed E-state index contributed by atoms with van der Waals surface area (Å²) in [7, 11) is 0. The Morgan fingerprint density at radius 2 is 1.90 bits per heavy atom. The molecule has 0 aliphatic carbocycles. The third kappa shape index (κ3) is 3.88. The van der Waals surface area contributed by atoms with Gasteiger partial charge in [-0.05, 0) is 36.4 Å². The van der Waals surface area contributed by atoms with Crippen molar-refractivity contribution in [3.05, 3.63) is 60.4 Å². The van der Waals surface area contributed by atoms with Crippen LogP contribution >= 0.6 is 0 Å². The molecule has 1 amide bonds. The Bertz CT molecular complexity index is 1200. The zero-order valence-electron chi connectivity index (χ0n) is 15.9. The molecule has 0 bridgehead atoms. The van der Waals surface area contributed by atoms with Crippen molar-refractivity contribution in [3.63, 3.8) is 0 Å². The van der Waals surface area contributed by atoms with Crippen LogP contribution in [0.25, 0.3) is 28.3 Å². The molecule has 0 saturated carbocycles. The molecule has 154 valence electrons. The van der Waals surface area contributed by atoms with Crippen molar-refractivity contribution in [3.8, 4) is 22.6 Å². The van der Waals surface area contributed by atoms with E-state index < -0.39 is 18.8 Å². The minimum absolute atomic E-state index is 0.199. The van der Waals surface area contributed by atoms with Gasteiger partial charge in [-0.15, -0.1) is 0 Å². The van der Waals surface area contributed by atoms with Crippen molar-refractivity contribution < 1.29 is 18.0 Å². The standard InChI is InChI=1S/C20H17F3N6O/c1-12(30)24-8-15-9-25-18-7-6-16(27-29(15)18)20-19(13-2-4-14(21)5-3-13)26-11-28(20)10-17(22)23/h2-7,9,11,17H,8,10H2,1H3,(H,24,30). The number of halogens is 3. The minimum Gasteiger partial charge on any atom is -0.351 e. The van der Waals surface area contributed by atoms with Gasteiger partial charge < -0.3 is 9.88 Å². The Kier molecular flexibility index (Phi) is 5.21. The summed E-state index contributed by atoms with van der Waals surface area (Å²) < 4.78 is 42.5. The molecule has 1 N–H and O–H groups in total. The van der Waals surface area contributed by atoms with Crippen LogP contribution in [-0.4, -0.2) is 36.5 Å². The molecule has 4 aromatic rings. The number of hydrogen-bond acceptors (Lipinski definition) is 4. The van der Waals surface area contributed by atoms with Gasteiger partial charge in [0.25, 0.3) is 6.43 Å². The number of nitrogens with zero attached hydrogens (tertiary/aromatic N) is 5. The number of benzene rings is 1. The third-order valence-corrected chi connectivity index (χ3v) is 4.48. The molecule has 0 aliphatic rings. The Labute approximate surface area is 169 Å². The van der Waals surface area contributed by atoms with Gasteiger partial charge >= 0.3 is 0 Å². The lowest BCUT2D eigenvalue weighted by atomic mass is 10.1. The van der Waals surface area contributed by atoms with E-state index in [2.05, 4.69) is 20.4 Å². The second-order valence-electron chi connectivity index (χ2n) is 6.64. The fourth-order valence-electron chi connectivity index (χ4n) is 3.14. The predicted octanol–water partition coefficient (Wildman–Crippen LogP) is 3.30. The van der Waals surface area contributed by atoms with E-state index in [0.717, 1.165) is 0 Å². The molecule has 7 nitrogen and oxygen atoms in total. The molecule has 4 rings (SSSR count). The van der Waals surface area contributed by atoms with Crippen LogP contribution in [0.1, 0.15) is 12.6 Å². The Morgan fingerprint density at radius 1 is 1.13 bits per heavy atom. The van der Waals surface area contributed by atoms with Crippen LogP contribution in [0.15, 0.2) is 48.9 Å². The van der Waals surface area contributed by atoms with E-state index in [1.165, 1.54) is 42.1 Å². The first-order valence-electron chi connectivity index (χ1n) is 9.10. The zero-order valence-corrected chi connectivity index (χ0v) is 15.9. The molecular weight excluding hydrogens is 397 g/mol. The molecule has 0 unspecified atom stereocenters. The van der Waals surface area contributed by atoms with Crippen molar-refractivity contribution in [2.45, 2.75) is 26.4 Å². The molecule has 0 atom stereocenters. The molecule has 0 aliphatic heterocycles. The van der Waals surface area contributed by atoms with Crippen LogP contribution in [0.5, 0.6) is 0 Å². The summed E-state index contributed by atoms with van der Waals surface area (Å²) >= 11 is 0. The van der Waals surface area contributed by atoms with Gasteiger partial charge in [0.2, 0.25) is 5.91 Å². The monoisotopic (exact) mass is 414 g/mol. The first kappa shape index (κ1) is 19.6. The average Bonchev–Trinajstić information content (AvgIpc) is 3.30. The highest BCUT2D eigenvalue weighted by molar-refractivity contribution is 5.77. The number of fused-ring (bicyclic) bond motifs is 1. The summed E-state index contributed by atoms with van der Waals surface area (Å²) in [4.78, 5) is 19.8. The highest BCUT2D eigenvalue weighted by atomic mass is 19.3. The quantitative estimate of drug-likeness (QED) is 0.525. The number of alkyl halides is 2. The molecule has 0 radical (unpaired) electrons. The van der Waals surface area contributed by atoms with E-state index in [9.17, 15) is 18.0 Å². The van der Waals surface area contributed by atoms with Crippen LogP contribution in [0.2, 0.25) is 0 Å². The van der Waals surface area contributed by atoms with Gasteiger partial charge in [-0.25, -0.2) is 27.7 Å². The fourth-order valence-corrected chi connectivity index (χ4v) is 3.14. The summed E-state index contributed by atoms with van der Waals surface area (Å²) in [5.41, 5.74) is 2.93. The molecule has 1 aromatic carbocycles. The molecule has 0 spiro atoms. The normalized spacial score (nSPS) is 11.4. The molecule has 3 heterocycles. The number of rotatable bonds is 6. The number of carbonyl (C=O) groups excluding carboxylic acids is 1. The second-order valence-corrected chi connectivity index (χ2v) is 6.64. The molecule has 0 saturated heterocycles. The lowest BCUT2D eigenvalue weighted by molar-refractivity contribution is -0.119. The van der Waals surface area contributed by atoms with E-state index in [1.54, 1.807) is 22.8 Å². The number of aromatic nitrogens is 5. The van der Waals surface area contributed by atoms with Gasteiger partial charge in [-0.3, -0.25) is 4.79 Å². The van der Waals surface area contributed by atoms with Crippen molar-refractivity contribution in [2.75, 3.05) is 0 Å². The van der Waals surface area contributed by atoms with E-state index in [4.69, 9.17) is 0 Å². The van der Waals surface area contributed by atoms with Gasteiger partial charge in [0.15, 0.2) is 5.65 Å². The summed E-state index contributed by atoms with van der Waals surface area (Å²) in [6.07, 6.45) is 0.309. The summed E-state index contributed by atoms with van der Waals surface area (Å²) in [5, 5.41) is 7.23. The predicted molar refractivity (Wildman–Crippen MR) is 103 cm³/mol. The minimum atomic E-state index is -2.59. The summed E-state index contributed by atoms with van der Waals surface area (Å²) in [6, 6.07) is 8.99. The smallest absolute Gasteiger partial charge is 0.256 e. The first-order valence-corrected chi connectivity index (χ1v) is 9.10. The van der Waals surface area contributed by atoms with E-state index in [0.29, 0.717) is 34.0 Å². The van der Waals surface area contributed by atoms with Gasteiger partial charge in [0.1, 0.15) is 11.5 Å². The molecule has 3 aromatic heterocycles. The van der Waals surface area contributed by atoms with Crippen LogP contribution in [0.4, 0.5) is 13.2 Å². The Balaban J connectivity index is 1.84. The SMILES string of the molecule is CC(=O)NCc1cnc2ccc(-c3c(-c4ccc(F)cc4)ncn3CC(F)F)nn12. The lowest BCUT2D eigenvalue weighted by Crippen LogP contribution is -2.20. The second kappa shape index (κ2) is 7.97. The Morgan fingerprint density at radius 3 is 2.60 bits per heavy atom. The van der Waals surface area contributed by atoms with Gasteiger partial charge in [0.05, 0.1) is 42.7 Å². The largest absolute Gasteiger partial charge is 0.351 e. The fraction of sp³-hybridized carbons (Fsp3) is 0.200. The zero-order chi connectivity index (χ0) is 21.3. The van der Waals surface area contributed by atoms with Crippen LogP contribution < -0.4 is 5.32 Å². The number of nitrogens with one attached hydrogen (secondary N) is 1. The third-order valence-electron chi connectivity index (χ3n) is 4.48. The first-order chi connectivity index (χ1) is 14.4. The van der Waals surface area contributed by atoms with Crippen LogP contribution in [0, 0.1) is 5.82 Å². The molecule has 0 fully saturated rings. The van der Waals surface area contributed by atoms with Gasteiger partial charge in [0, 0.05) is 12.5 Å². The van der Waals surface area contributed by atoms with E-state index in [-0.39, 0.29) is 12.5 Å². The number of hydrogen-bond donors (Lipinski definition) is 1. The maximum atomic E-state index is 13.3. The highest BCUT2D eigenvalue weighted by Crippen LogP contribution is 2.31. The lowest BCUT2D eigenvalue weighted by Gasteiger charge is -2.11. The maximum Gasteiger partial charge on any atom is 0.256 e. The highest BCUT2D eigenvalue weighted by Gasteiger charge is 2.20. The van der Waals surface area contributed by atoms with Gasteiger partial charge in [-0.2, -0.15) is 5.10 Å². The Hall–Kier alpha value is -3.69. The summed E-state index contributed by atoms with van der Waals surface area (Å²) in [5.74, 6) is -0.609. The maximum absolute atomic E-state index is 13.3. The average molecular weight is 414 g/mol. The van der Waals surface area contributed by atoms with Crippen molar-refractivity contribution in [2.24, 2.45) is 0 Å². The van der Waals surface area contributed by atoms with Crippen LogP contribution in [-0.2, 0) is 17.9 Å². The molecular formula is C20H17F3N6O. The van der Waals surface area contributed by atoms with E-state index in [1.807, 2.05) is 0 Å². The van der Waals surface area contributed by atoms with Crippen molar-refractivity contribution in [1.29, 1.82) is 0 Å². The number of imidazole rings is 2. The van der Waals surface area contributed by atoms with Crippen molar-refractivity contribution in [1.82, 2.24) is 29.5 Å². The van der Waals surface area contributed by atoms with Gasteiger partial charge in [-0.1, -0.05) is 0 Å². The molecule has 30 heavy (non-hydrogen) atoms. The van der Waals surface area contributed by atoms with Crippen LogP contribution in [0.3, 0.4) is 0 Å². The number of carbonyl (C=O) groups is 1.